The molecular weight excluding hydrogens is 226 g/mol. The molecule has 2 heterocycles. The highest BCUT2D eigenvalue weighted by Crippen LogP contribution is 2.18. The number of nitrogens with zero attached hydrogens (tertiary/aromatic N) is 5. The average molecular weight is 237 g/mol. The zero-order valence-electron chi connectivity index (χ0n) is 9.85. The van der Waals surface area contributed by atoms with Gasteiger partial charge >= 0.3 is 0 Å². The van der Waals surface area contributed by atoms with Crippen molar-refractivity contribution in [1.29, 1.82) is 0 Å². The van der Waals surface area contributed by atoms with E-state index in [1.54, 1.807) is 29.6 Å². The molecule has 0 saturated heterocycles. The Morgan fingerprint density at radius 2 is 1.61 bits per heavy atom. The molecule has 0 saturated carbocycles. The van der Waals surface area contributed by atoms with Crippen LogP contribution in [-0.2, 0) is 0 Å². The Labute approximate surface area is 104 Å². The van der Waals surface area contributed by atoms with Gasteiger partial charge in [-0.1, -0.05) is 12.1 Å². The first-order chi connectivity index (χ1) is 8.84. The predicted octanol–water partition coefficient (Wildman–Crippen LogP) is 2.19. The number of hydrogen-bond acceptors (Lipinski definition) is 5. The highest BCUT2D eigenvalue weighted by Gasteiger charge is 2.08. The van der Waals surface area contributed by atoms with E-state index >= 15 is 0 Å². The van der Waals surface area contributed by atoms with Gasteiger partial charge in [0.15, 0.2) is 5.82 Å². The zero-order chi connectivity index (χ0) is 12.4. The maximum absolute atomic E-state index is 4.53. The average Bonchev–Trinajstić information content (AvgIpc) is 2.47. The van der Waals surface area contributed by atoms with Crippen LogP contribution in [0.15, 0.2) is 48.9 Å². The number of rotatable bonds is 2. The molecule has 0 spiro atoms. The molecule has 0 aliphatic heterocycles. The van der Waals surface area contributed by atoms with Crippen LogP contribution in [-0.4, -0.2) is 27.0 Å². The summed E-state index contributed by atoms with van der Waals surface area (Å²) in [5, 5.41) is 0. The highest BCUT2D eigenvalue weighted by atomic mass is 15.3. The van der Waals surface area contributed by atoms with Gasteiger partial charge in [0.05, 0.1) is 17.2 Å². The third kappa shape index (κ3) is 1.86. The summed E-state index contributed by atoms with van der Waals surface area (Å²) in [6.45, 7) is 0. The fourth-order valence-electron chi connectivity index (χ4n) is 1.68. The van der Waals surface area contributed by atoms with Gasteiger partial charge in [-0.15, -0.1) is 0 Å². The quantitative estimate of drug-likeness (QED) is 0.683. The molecule has 0 bridgehead atoms. The van der Waals surface area contributed by atoms with Gasteiger partial charge in [0, 0.05) is 19.4 Å². The molecule has 5 heteroatoms. The van der Waals surface area contributed by atoms with Gasteiger partial charge in [0.25, 0.3) is 0 Å². The van der Waals surface area contributed by atoms with Crippen LogP contribution in [0.4, 0.5) is 11.8 Å². The SMILES string of the molecule is CN(c1cnc2ccccc2n1)c1ncccn1. The summed E-state index contributed by atoms with van der Waals surface area (Å²) in [5.41, 5.74) is 1.74. The van der Waals surface area contributed by atoms with E-state index in [2.05, 4.69) is 19.9 Å². The molecule has 2 aromatic heterocycles. The summed E-state index contributed by atoms with van der Waals surface area (Å²) in [7, 11) is 1.87. The standard InChI is InChI=1S/C13H11N5/c1-18(13-14-7-4-8-15-13)12-9-16-10-5-2-3-6-11(10)17-12/h2-9H,1H3. The fourth-order valence-corrected chi connectivity index (χ4v) is 1.68. The van der Waals surface area contributed by atoms with Gasteiger partial charge in [-0.3, -0.25) is 9.88 Å². The molecule has 0 fully saturated rings. The molecule has 0 radical (unpaired) electrons. The normalized spacial score (nSPS) is 10.5. The third-order valence-electron chi connectivity index (χ3n) is 2.63. The number of aromatic nitrogens is 4. The van der Waals surface area contributed by atoms with Crippen LogP contribution in [0.25, 0.3) is 11.0 Å². The Balaban J connectivity index is 2.04. The molecule has 0 aliphatic rings. The van der Waals surface area contributed by atoms with E-state index < -0.39 is 0 Å². The Morgan fingerprint density at radius 1 is 0.889 bits per heavy atom. The largest absolute Gasteiger partial charge is 0.297 e. The van der Waals surface area contributed by atoms with Gasteiger partial charge in [-0.25, -0.2) is 15.0 Å². The number of anilines is 2. The number of hydrogen-bond donors (Lipinski definition) is 0. The first kappa shape index (κ1) is 10.6. The smallest absolute Gasteiger partial charge is 0.230 e. The second-order valence-electron chi connectivity index (χ2n) is 3.82. The first-order valence-electron chi connectivity index (χ1n) is 5.57. The molecule has 88 valence electrons. The van der Waals surface area contributed by atoms with Crippen molar-refractivity contribution in [1.82, 2.24) is 19.9 Å². The summed E-state index contributed by atoms with van der Waals surface area (Å²) < 4.78 is 0. The van der Waals surface area contributed by atoms with Gasteiger partial charge < -0.3 is 0 Å². The summed E-state index contributed by atoms with van der Waals surface area (Å²) in [6.07, 6.45) is 5.12. The Morgan fingerprint density at radius 3 is 2.39 bits per heavy atom. The van der Waals surface area contributed by atoms with Crippen molar-refractivity contribution in [2.24, 2.45) is 0 Å². The van der Waals surface area contributed by atoms with Crippen LogP contribution < -0.4 is 4.90 Å². The van der Waals surface area contributed by atoms with Crippen LogP contribution >= 0.6 is 0 Å². The molecular formula is C13H11N5. The molecule has 18 heavy (non-hydrogen) atoms. The van der Waals surface area contributed by atoms with Crippen LogP contribution in [0, 0.1) is 0 Å². The molecule has 0 unspecified atom stereocenters. The van der Waals surface area contributed by atoms with Crippen molar-refractivity contribution < 1.29 is 0 Å². The van der Waals surface area contributed by atoms with Gasteiger partial charge in [0.1, 0.15) is 0 Å². The van der Waals surface area contributed by atoms with Crippen molar-refractivity contribution in [2.75, 3.05) is 11.9 Å². The lowest BCUT2D eigenvalue weighted by Gasteiger charge is -2.15. The van der Waals surface area contributed by atoms with E-state index in [-0.39, 0.29) is 0 Å². The minimum absolute atomic E-state index is 0.599. The summed E-state index contributed by atoms with van der Waals surface area (Å²) >= 11 is 0. The van der Waals surface area contributed by atoms with E-state index in [0.717, 1.165) is 16.9 Å². The summed E-state index contributed by atoms with van der Waals surface area (Å²) in [4.78, 5) is 19.1. The second kappa shape index (κ2) is 4.37. The molecule has 0 aliphatic carbocycles. The number of benzene rings is 1. The lowest BCUT2D eigenvalue weighted by molar-refractivity contribution is 1.01. The topological polar surface area (TPSA) is 54.8 Å². The maximum atomic E-state index is 4.53. The monoisotopic (exact) mass is 237 g/mol. The maximum Gasteiger partial charge on any atom is 0.230 e. The van der Waals surface area contributed by atoms with Crippen LogP contribution in [0.1, 0.15) is 0 Å². The van der Waals surface area contributed by atoms with Crippen LogP contribution in [0.3, 0.4) is 0 Å². The van der Waals surface area contributed by atoms with Gasteiger partial charge in [-0.2, -0.15) is 0 Å². The molecule has 0 amide bonds. The molecule has 3 aromatic rings. The Kier molecular flexibility index (Phi) is 2.57. The molecule has 0 N–H and O–H groups in total. The van der Waals surface area contributed by atoms with E-state index in [1.807, 2.05) is 31.3 Å². The lowest BCUT2D eigenvalue weighted by Crippen LogP contribution is -2.14. The second-order valence-corrected chi connectivity index (χ2v) is 3.82. The Hall–Kier alpha value is -2.56. The molecule has 5 nitrogen and oxygen atoms in total. The predicted molar refractivity (Wildman–Crippen MR) is 69.6 cm³/mol. The van der Waals surface area contributed by atoms with Gasteiger partial charge in [0.2, 0.25) is 5.95 Å². The Bertz CT molecular complexity index is 668. The minimum atomic E-state index is 0.599. The van der Waals surface area contributed by atoms with E-state index in [9.17, 15) is 0 Å². The highest BCUT2D eigenvalue weighted by molar-refractivity contribution is 5.75. The third-order valence-corrected chi connectivity index (χ3v) is 2.63. The van der Waals surface area contributed by atoms with Crippen molar-refractivity contribution in [3.8, 4) is 0 Å². The molecule has 0 atom stereocenters. The van der Waals surface area contributed by atoms with E-state index in [4.69, 9.17) is 0 Å². The number of fused-ring (bicyclic) bond motifs is 1. The van der Waals surface area contributed by atoms with Crippen molar-refractivity contribution in [3.63, 3.8) is 0 Å². The van der Waals surface area contributed by atoms with E-state index in [0.29, 0.717) is 5.95 Å². The zero-order valence-corrected chi connectivity index (χ0v) is 9.85. The van der Waals surface area contributed by atoms with Crippen molar-refractivity contribution in [3.05, 3.63) is 48.9 Å². The fraction of sp³-hybridized carbons (Fsp3) is 0.0769. The van der Waals surface area contributed by atoms with Crippen LogP contribution in [0.5, 0.6) is 0 Å². The summed E-state index contributed by atoms with van der Waals surface area (Å²) in [5.74, 6) is 1.32. The molecule has 3 rings (SSSR count). The molecule has 1 aromatic carbocycles. The number of para-hydroxylation sites is 2. The van der Waals surface area contributed by atoms with Crippen LogP contribution in [0.2, 0.25) is 0 Å². The lowest BCUT2D eigenvalue weighted by atomic mass is 10.3. The van der Waals surface area contributed by atoms with Gasteiger partial charge in [-0.05, 0) is 18.2 Å². The minimum Gasteiger partial charge on any atom is -0.297 e. The van der Waals surface area contributed by atoms with E-state index in [1.165, 1.54) is 0 Å². The van der Waals surface area contributed by atoms with Crippen molar-refractivity contribution >= 4 is 22.8 Å². The summed E-state index contributed by atoms with van der Waals surface area (Å²) in [6, 6.07) is 9.54. The first-order valence-corrected chi connectivity index (χ1v) is 5.57. The van der Waals surface area contributed by atoms with Crippen molar-refractivity contribution in [2.45, 2.75) is 0 Å².